The lowest BCUT2D eigenvalue weighted by Crippen LogP contribution is -2.28. The van der Waals surface area contributed by atoms with Gasteiger partial charge in [0.15, 0.2) is 0 Å². The summed E-state index contributed by atoms with van der Waals surface area (Å²) in [5, 5.41) is 9.52. The maximum Gasteiger partial charge on any atom is 0.223 e. The molecule has 0 radical (unpaired) electrons. The van der Waals surface area contributed by atoms with Gasteiger partial charge in [-0.15, -0.1) is 11.3 Å². The third-order valence-electron chi connectivity index (χ3n) is 2.71. The molecule has 2 aromatic heterocycles. The smallest absolute Gasteiger partial charge is 0.223 e. The van der Waals surface area contributed by atoms with Gasteiger partial charge in [0.1, 0.15) is 16.6 Å². The van der Waals surface area contributed by atoms with Crippen LogP contribution in [0.4, 0.5) is 17.6 Å². The molecule has 0 aliphatic carbocycles. The van der Waals surface area contributed by atoms with Gasteiger partial charge in [-0.1, -0.05) is 6.92 Å². The minimum Gasteiger partial charge on any atom is -0.370 e. The standard InChI is InChI=1S/C13H20N6S/c1-4-5-15-9-8-10(18-12(14)17-9)19-13(2,3)11-16-6-7-20-11/h6-8H,4-5H2,1-3H3,(H4,14,15,17,18,19). The van der Waals surface area contributed by atoms with Gasteiger partial charge in [-0.3, -0.25) is 0 Å². The number of anilines is 3. The van der Waals surface area contributed by atoms with Crippen molar-refractivity contribution in [3.8, 4) is 0 Å². The number of nitrogen functional groups attached to an aromatic ring is 1. The minimum absolute atomic E-state index is 0.253. The molecule has 0 saturated heterocycles. The zero-order chi connectivity index (χ0) is 14.6. The first-order chi connectivity index (χ1) is 9.51. The molecular formula is C13H20N6S. The van der Waals surface area contributed by atoms with E-state index in [4.69, 9.17) is 5.73 Å². The first kappa shape index (κ1) is 14.5. The normalized spacial score (nSPS) is 11.3. The molecule has 0 atom stereocenters. The predicted molar refractivity (Wildman–Crippen MR) is 84.0 cm³/mol. The summed E-state index contributed by atoms with van der Waals surface area (Å²) in [7, 11) is 0. The second-order valence-corrected chi connectivity index (χ2v) is 5.91. The molecule has 2 heterocycles. The highest BCUT2D eigenvalue weighted by atomic mass is 32.1. The van der Waals surface area contributed by atoms with Crippen LogP contribution in [0.2, 0.25) is 0 Å². The Morgan fingerprint density at radius 1 is 1.30 bits per heavy atom. The topological polar surface area (TPSA) is 88.8 Å². The Bertz CT molecular complexity index is 552. The molecule has 0 spiro atoms. The van der Waals surface area contributed by atoms with Crippen molar-refractivity contribution in [3.63, 3.8) is 0 Å². The molecule has 0 amide bonds. The second-order valence-electron chi connectivity index (χ2n) is 5.01. The number of nitrogens with zero attached hydrogens (tertiary/aromatic N) is 3. The monoisotopic (exact) mass is 292 g/mol. The minimum atomic E-state index is -0.309. The predicted octanol–water partition coefficient (Wildman–Crippen LogP) is 2.68. The average molecular weight is 292 g/mol. The van der Waals surface area contributed by atoms with E-state index in [0.717, 1.165) is 23.8 Å². The van der Waals surface area contributed by atoms with E-state index in [2.05, 4.69) is 46.4 Å². The molecule has 0 aliphatic heterocycles. The Balaban J connectivity index is 2.18. The molecule has 0 saturated carbocycles. The molecular weight excluding hydrogens is 272 g/mol. The molecule has 0 aromatic carbocycles. The quantitative estimate of drug-likeness (QED) is 0.758. The van der Waals surface area contributed by atoms with Crippen LogP contribution in [0.25, 0.3) is 0 Å². The Kier molecular flexibility index (Phi) is 4.39. The largest absolute Gasteiger partial charge is 0.370 e. The van der Waals surface area contributed by atoms with Crippen molar-refractivity contribution in [2.24, 2.45) is 0 Å². The van der Waals surface area contributed by atoms with E-state index in [0.29, 0.717) is 5.82 Å². The van der Waals surface area contributed by atoms with Gasteiger partial charge in [-0.25, -0.2) is 4.98 Å². The van der Waals surface area contributed by atoms with Crippen molar-refractivity contribution in [1.82, 2.24) is 15.0 Å². The summed E-state index contributed by atoms with van der Waals surface area (Å²) >= 11 is 1.61. The lowest BCUT2D eigenvalue weighted by atomic mass is 10.1. The molecule has 0 aliphatic rings. The fourth-order valence-corrected chi connectivity index (χ4v) is 2.50. The van der Waals surface area contributed by atoms with E-state index in [-0.39, 0.29) is 11.5 Å². The number of thiazole rings is 1. The molecule has 2 rings (SSSR count). The van der Waals surface area contributed by atoms with Gasteiger partial charge >= 0.3 is 0 Å². The van der Waals surface area contributed by atoms with Crippen LogP contribution in [0.1, 0.15) is 32.2 Å². The van der Waals surface area contributed by atoms with Gasteiger partial charge in [-0.05, 0) is 20.3 Å². The molecule has 6 nitrogen and oxygen atoms in total. The van der Waals surface area contributed by atoms with Crippen molar-refractivity contribution < 1.29 is 0 Å². The van der Waals surface area contributed by atoms with Gasteiger partial charge in [0.05, 0.1) is 5.54 Å². The van der Waals surface area contributed by atoms with Crippen LogP contribution in [0, 0.1) is 0 Å². The molecule has 7 heteroatoms. The van der Waals surface area contributed by atoms with Crippen LogP contribution in [0.5, 0.6) is 0 Å². The summed E-state index contributed by atoms with van der Waals surface area (Å²) in [4.78, 5) is 12.7. The fraction of sp³-hybridized carbons (Fsp3) is 0.462. The first-order valence-electron chi connectivity index (χ1n) is 6.58. The maximum absolute atomic E-state index is 5.75. The summed E-state index contributed by atoms with van der Waals surface area (Å²) in [6.07, 6.45) is 2.82. The zero-order valence-corrected chi connectivity index (χ0v) is 12.8. The Labute approximate surface area is 122 Å². The zero-order valence-electron chi connectivity index (χ0n) is 12.0. The average Bonchev–Trinajstić information content (AvgIpc) is 2.89. The molecule has 0 bridgehead atoms. The van der Waals surface area contributed by atoms with Crippen LogP contribution >= 0.6 is 11.3 Å². The van der Waals surface area contributed by atoms with E-state index in [9.17, 15) is 0 Å². The number of hydrogen-bond acceptors (Lipinski definition) is 7. The summed E-state index contributed by atoms with van der Waals surface area (Å²) in [5.41, 5.74) is 5.44. The van der Waals surface area contributed by atoms with Crippen LogP contribution < -0.4 is 16.4 Å². The van der Waals surface area contributed by atoms with Crippen molar-refractivity contribution in [1.29, 1.82) is 0 Å². The summed E-state index contributed by atoms with van der Waals surface area (Å²) in [6.45, 7) is 7.07. The molecule has 108 valence electrons. The maximum atomic E-state index is 5.75. The molecule has 20 heavy (non-hydrogen) atoms. The van der Waals surface area contributed by atoms with E-state index in [1.54, 1.807) is 17.5 Å². The first-order valence-corrected chi connectivity index (χ1v) is 7.46. The van der Waals surface area contributed by atoms with Crippen LogP contribution in [0.15, 0.2) is 17.6 Å². The van der Waals surface area contributed by atoms with Crippen molar-refractivity contribution in [3.05, 3.63) is 22.7 Å². The van der Waals surface area contributed by atoms with Crippen LogP contribution in [0.3, 0.4) is 0 Å². The lowest BCUT2D eigenvalue weighted by molar-refractivity contribution is 0.601. The highest BCUT2D eigenvalue weighted by Crippen LogP contribution is 2.27. The van der Waals surface area contributed by atoms with Gasteiger partial charge in [0, 0.05) is 24.2 Å². The van der Waals surface area contributed by atoms with E-state index >= 15 is 0 Å². The Morgan fingerprint density at radius 3 is 2.70 bits per heavy atom. The molecule has 2 aromatic rings. The number of nitrogens with two attached hydrogens (primary N) is 1. The SMILES string of the molecule is CCCNc1cc(NC(C)(C)c2nccs2)nc(N)n1. The van der Waals surface area contributed by atoms with Gasteiger partial charge < -0.3 is 16.4 Å². The van der Waals surface area contributed by atoms with Gasteiger partial charge in [-0.2, -0.15) is 9.97 Å². The number of hydrogen-bond donors (Lipinski definition) is 3. The number of aromatic nitrogens is 3. The fourth-order valence-electron chi connectivity index (χ4n) is 1.78. The highest BCUT2D eigenvalue weighted by molar-refractivity contribution is 7.09. The van der Waals surface area contributed by atoms with Crippen LogP contribution in [-0.2, 0) is 5.54 Å². The number of nitrogens with one attached hydrogen (secondary N) is 2. The Hall–Kier alpha value is -1.89. The molecule has 4 N–H and O–H groups in total. The summed E-state index contributed by atoms with van der Waals surface area (Å²) in [6, 6.07) is 1.86. The lowest BCUT2D eigenvalue weighted by Gasteiger charge is -2.24. The van der Waals surface area contributed by atoms with Crippen LogP contribution in [-0.4, -0.2) is 21.5 Å². The van der Waals surface area contributed by atoms with Gasteiger partial charge in [0.2, 0.25) is 5.95 Å². The van der Waals surface area contributed by atoms with Gasteiger partial charge in [0.25, 0.3) is 0 Å². The molecule has 0 unspecified atom stereocenters. The van der Waals surface area contributed by atoms with Crippen molar-refractivity contribution >= 4 is 28.9 Å². The third-order valence-corrected chi connectivity index (χ3v) is 3.80. The number of rotatable bonds is 6. The van der Waals surface area contributed by atoms with E-state index in [1.165, 1.54) is 0 Å². The summed E-state index contributed by atoms with van der Waals surface area (Å²) in [5.74, 6) is 1.68. The summed E-state index contributed by atoms with van der Waals surface area (Å²) < 4.78 is 0. The van der Waals surface area contributed by atoms with Crippen molar-refractivity contribution in [2.45, 2.75) is 32.7 Å². The third kappa shape index (κ3) is 3.57. The van der Waals surface area contributed by atoms with E-state index in [1.807, 2.05) is 11.4 Å². The Morgan fingerprint density at radius 2 is 2.05 bits per heavy atom. The molecule has 0 fully saturated rings. The van der Waals surface area contributed by atoms with Crippen molar-refractivity contribution in [2.75, 3.05) is 22.9 Å². The highest BCUT2D eigenvalue weighted by Gasteiger charge is 2.23. The second kappa shape index (κ2) is 6.04. The van der Waals surface area contributed by atoms with E-state index < -0.39 is 0 Å².